The van der Waals surface area contributed by atoms with Gasteiger partial charge in [-0.2, -0.15) is 0 Å². The number of carbonyl (C=O) groups is 1. The Bertz CT molecular complexity index is 716. The second-order valence-electron chi connectivity index (χ2n) is 5.50. The quantitative estimate of drug-likeness (QED) is 0.727. The Morgan fingerprint density at radius 1 is 1.08 bits per heavy atom. The Labute approximate surface area is 156 Å². The Hall–Kier alpha value is -2.21. The Morgan fingerprint density at radius 2 is 1.72 bits per heavy atom. The molecule has 0 aliphatic heterocycles. The van der Waals surface area contributed by atoms with Crippen LogP contribution < -0.4 is 19.5 Å². The number of hydrogen-bond donors (Lipinski definition) is 1. The molecule has 0 aromatic heterocycles. The maximum absolute atomic E-state index is 11.9. The SMILES string of the molecule is COc1cc(Br)c(CCNC(=O)COc2ccc(C)cc2)cc1OC. The first-order valence-corrected chi connectivity index (χ1v) is 8.69. The number of aryl methyl sites for hydroxylation is 1. The summed E-state index contributed by atoms with van der Waals surface area (Å²) in [6.07, 6.45) is 0.664. The van der Waals surface area contributed by atoms with E-state index >= 15 is 0 Å². The lowest BCUT2D eigenvalue weighted by molar-refractivity contribution is -0.123. The summed E-state index contributed by atoms with van der Waals surface area (Å²) in [6, 6.07) is 11.4. The summed E-state index contributed by atoms with van der Waals surface area (Å²) in [5.74, 6) is 1.85. The van der Waals surface area contributed by atoms with Crippen molar-refractivity contribution < 1.29 is 19.0 Å². The molecule has 6 heteroatoms. The van der Waals surface area contributed by atoms with Gasteiger partial charge < -0.3 is 19.5 Å². The molecule has 5 nitrogen and oxygen atoms in total. The zero-order valence-corrected chi connectivity index (χ0v) is 16.2. The lowest BCUT2D eigenvalue weighted by Gasteiger charge is -2.12. The standard InChI is InChI=1S/C19H22BrNO4/c1-13-4-6-15(7-5-13)25-12-19(22)21-9-8-14-10-17(23-2)18(24-3)11-16(14)20/h4-7,10-11H,8-9,12H2,1-3H3,(H,21,22). The molecule has 0 unspecified atom stereocenters. The van der Waals surface area contributed by atoms with Gasteiger partial charge in [0, 0.05) is 11.0 Å². The molecule has 0 atom stereocenters. The second-order valence-corrected chi connectivity index (χ2v) is 6.35. The number of amides is 1. The van der Waals surface area contributed by atoms with Gasteiger partial charge in [-0.3, -0.25) is 4.79 Å². The first-order chi connectivity index (χ1) is 12.0. The van der Waals surface area contributed by atoms with E-state index in [0.29, 0.717) is 30.2 Å². The van der Waals surface area contributed by atoms with Gasteiger partial charge >= 0.3 is 0 Å². The zero-order valence-electron chi connectivity index (χ0n) is 14.6. The number of nitrogens with one attached hydrogen (secondary N) is 1. The molecule has 0 aliphatic rings. The first kappa shape index (κ1) is 19.1. The molecule has 1 amide bonds. The summed E-state index contributed by atoms with van der Waals surface area (Å²) in [7, 11) is 3.19. The fraction of sp³-hybridized carbons (Fsp3) is 0.316. The van der Waals surface area contributed by atoms with E-state index in [1.165, 1.54) is 0 Å². The van der Waals surface area contributed by atoms with E-state index in [-0.39, 0.29) is 12.5 Å². The molecule has 2 aromatic carbocycles. The van der Waals surface area contributed by atoms with Crippen LogP contribution in [0.1, 0.15) is 11.1 Å². The van der Waals surface area contributed by atoms with E-state index in [1.54, 1.807) is 14.2 Å². The van der Waals surface area contributed by atoms with Crippen LogP contribution in [0.2, 0.25) is 0 Å². The number of rotatable bonds is 8. The molecule has 0 saturated carbocycles. The molecular weight excluding hydrogens is 386 g/mol. The van der Waals surface area contributed by atoms with Gasteiger partial charge in [-0.15, -0.1) is 0 Å². The molecule has 25 heavy (non-hydrogen) atoms. The second kappa shape index (κ2) is 9.32. The minimum absolute atomic E-state index is 0.00381. The van der Waals surface area contributed by atoms with Crippen LogP contribution in [-0.2, 0) is 11.2 Å². The van der Waals surface area contributed by atoms with Crippen molar-refractivity contribution in [2.24, 2.45) is 0 Å². The van der Waals surface area contributed by atoms with E-state index in [9.17, 15) is 4.79 Å². The monoisotopic (exact) mass is 407 g/mol. The third kappa shape index (κ3) is 5.67. The Morgan fingerprint density at radius 3 is 2.36 bits per heavy atom. The molecule has 0 radical (unpaired) electrons. The summed E-state index contributed by atoms with van der Waals surface area (Å²) >= 11 is 3.51. The molecule has 134 valence electrons. The van der Waals surface area contributed by atoms with Crippen molar-refractivity contribution in [1.82, 2.24) is 5.32 Å². The highest BCUT2D eigenvalue weighted by molar-refractivity contribution is 9.10. The normalized spacial score (nSPS) is 10.2. The van der Waals surface area contributed by atoms with Gasteiger partial charge in [0.05, 0.1) is 14.2 Å². The topological polar surface area (TPSA) is 56.8 Å². The molecule has 2 aromatic rings. The lowest BCUT2D eigenvalue weighted by atomic mass is 10.1. The van der Waals surface area contributed by atoms with Crippen molar-refractivity contribution in [3.8, 4) is 17.2 Å². The number of ether oxygens (including phenoxy) is 3. The summed E-state index contributed by atoms with van der Waals surface area (Å²) in [5.41, 5.74) is 2.18. The number of carbonyl (C=O) groups excluding carboxylic acids is 1. The van der Waals surface area contributed by atoms with Crippen LogP contribution in [0.15, 0.2) is 40.9 Å². The van der Waals surface area contributed by atoms with Gasteiger partial charge in [0.25, 0.3) is 5.91 Å². The molecule has 0 fully saturated rings. The molecule has 2 rings (SSSR count). The van der Waals surface area contributed by atoms with Crippen LogP contribution in [0.4, 0.5) is 0 Å². The third-order valence-electron chi connectivity index (χ3n) is 3.66. The maximum Gasteiger partial charge on any atom is 0.257 e. The summed E-state index contributed by atoms with van der Waals surface area (Å²) in [4.78, 5) is 11.9. The van der Waals surface area contributed by atoms with Crippen LogP contribution in [0.3, 0.4) is 0 Å². The molecule has 0 aliphatic carbocycles. The molecule has 0 heterocycles. The van der Waals surface area contributed by atoms with Gasteiger partial charge in [-0.1, -0.05) is 33.6 Å². The van der Waals surface area contributed by atoms with E-state index in [0.717, 1.165) is 15.6 Å². The highest BCUT2D eigenvalue weighted by Gasteiger charge is 2.10. The van der Waals surface area contributed by atoms with Crippen LogP contribution >= 0.6 is 15.9 Å². The lowest BCUT2D eigenvalue weighted by Crippen LogP contribution is -2.30. The van der Waals surface area contributed by atoms with Crippen LogP contribution in [-0.4, -0.2) is 33.3 Å². The van der Waals surface area contributed by atoms with Gasteiger partial charge in [-0.25, -0.2) is 0 Å². The van der Waals surface area contributed by atoms with Crippen LogP contribution in [0, 0.1) is 6.92 Å². The van der Waals surface area contributed by atoms with E-state index in [4.69, 9.17) is 14.2 Å². The van der Waals surface area contributed by atoms with Crippen molar-refractivity contribution in [1.29, 1.82) is 0 Å². The predicted molar refractivity (Wildman–Crippen MR) is 101 cm³/mol. The third-order valence-corrected chi connectivity index (χ3v) is 4.40. The maximum atomic E-state index is 11.9. The fourth-order valence-corrected chi connectivity index (χ4v) is 2.78. The van der Waals surface area contributed by atoms with Gasteiger partial charge in [0.1, 0.15) is 5.75 Å². The predicted octanol–water partition coefficient (Wildman–Crippen LogP) is 3.51. The molecule has 0 saturated heterocycles. The molecule has 0 spiro atoms. The number of hydrogen-bond acceptors (Lipinski definition) is 4. The number of methoxy groups -OCH3 is 2. The minimum Gasteiger partial charge on any atom is -0.493 e. The average molecular weight is 408 g/mol. The van der Waals surface area contributed by atoms with Gasteiger partial charge in [0.2, 0.25) is 0 Å². The summed E-state index contributed by atoms with van der Waals surface area (Å²) in [5, 5.41) is 2.85. The molecular formula is C19H22BrNO4. The van der Waals surface area contributed by atoms with E-state index in [2.05, 4.69) is 21.2 Å². The van der Waals surface area contributed by atoms with Gasteiger partial charge in [0.15, 0.2) is 18.1 Å². The highest BCUT2D eigenvalue weighted by atomic mass is 79.9. The van der Waals surface area contributed by atoms with Crippen LogP contribution in [0.5, 0.6) is 17.2 Å². The largest absolute Gasteiger partial charge is 0.493 e. The Kier molecular flexibility index (Phi) is 7.13. The first-order valence-electron chi connectivity index (χ1n) is 7.90. The smallest absolute Gasteiger partial charge is 0.257 e. The number of halogens is 1. The Balaban J connectivity index is 1.81. The van der Waals surface area contributed by atoms with Gasteiger partial charge in [-0.05, 0) is 43.2 Å². The van der Waals surface area contributed by atoms with Crippen molar-refractivity contribution in [2.45, 2.75) is 13.3 Å². The van der Waals surface area contributed by atoms with Crippen LogP contribution in [0.25, 0.3) is 0 Å². The van der Waals surface area contributed by atoms with Crippen molar-refractivity contribution in [2.75, 3.05) is 27.4 Å². The summed E-state index contributed by atoms with van der Waals surface area (Å²) in [6.45, 7) is 2.50. The molecule has 0 bridgehead atoms. The fourth-order valence-electron chi connectivity index (χ4n) is 2.26. The summed E-state index contributed by atoms with van der Waals surface area (Å²) < 4.78 is 16.9. The highest BCUT2D eigenvalue weighted by Crippen LogP contribution is 2.33. The van der Waals surface area contributed by atoms with Crippen molar-refractivity contribution in [3.63, 3.8) is 0 Å². The minimum atomic E-state index is -0.155. The zero-order chi connectivity index (χ0) is 18.2. The van der Waals surface area contributed by atoms with Crippen molar-refractivity contribution >= 4 is 21.8 Å². The molecule has 1 N–H and O–H groups in total. The van der Waals surface area contributed by atoms with Crippen molar-refractivity contribution in [3.05, 3.63) is 52.0 Å². The average Bonchev–Trinajstić information content (AvgIpc) is 2.62. The number of benzene rings is 2. The van der Waals surface area contributed by atoms with E-state index < -0.39 is 0 Å². The van der Waals surface area contributed by atoms with E-state index in [1.807, 2.05) is 43.3 Å².